The lowest BCUT2D eigenvalue weighted by atomic mass is 9.99. The zero-order valence-electron chi connectivity index (χ0n) is 11.6. The standard InChI is InChI=1S/C16H17BrO2/c1-10-8-12(13(17)9-11(10)2)16-14(18-3)6-5-7-15(16)19-4/h5-9H,1-4H3. The Balaban J connectivity index is 2.74. The van der Waals surface area contributed by atoms with Gasteiger partial charge in [0.1, 0.15) is 11.5 Å². The van der Waals surface area contributed by atoms with Gasteiger partial charge >= 0.3 is 0 Å². The van der Waals surface area contributed by atoms with E-state index in [1.165, 1.54) is 11.1 Å². The first kappa shape index (κ1) is 13.9. The van der Waals surface area contributed by atoms with E-state index in [1.807, 2.05) is 18.2 Å². The highest BCUT2D eigenvalue weighted by atomic mass is 79.9. The molecule has 0 aliphatic carbocycles. The molecule has 0 aliphatic heterocycles. The maximum atomic E-state index is 5.47. The van der Waals surface area contributed by atoms with E-state index in [9.17, 15) is 0 Å². The average molecular weight is 321 g/mol. The molecular formula is C16H17BrO2. The molecule has 0 aliphatic rings. The van der Waals surface area contributed by atoms with Crippen molar-refractivity contribution in [2.45, 2.75) is 13.8 Å². The zero-order chi connectivity index (χ0) is 14.0. The normalized spacial score (nSPS) is 10.4. The summed E-state index contributed by atoms with van der Waals surface area (Å²) in [6.45, 7) is 4.20. The van der Waals surface area contributed by atoms with Gasteiger partial charge in [-0.05, 0) is 49.2 Å². The van der Waals surface area contributed by atoms with Crippen LogP contribution in [0.2, 0.25) is 0 Å². The molecule has 0 fully saturated rings. The monoisotopic (exact) mass is 320 g/mol. The van der Waals surface area contributed by atoms with E-state index in [1.54, 1.807) is 14.2 Å². The molecule has 0 saturated carbocycles. The number of aryl methyl sites for hydroxylation is 2. The Bertz CT molecular complexity index is 584. The molecular weight excluding hydrogens is 304 g/mol. The molecule has 0 N–H and O–H groups in total. The van der Waals surface area contributed by atoms with Gasteiger partial charge in [-0.2, -0.15) is 0 Å². The van der Waals surface area contributed by atoms with Gasteiger partial charge < -0.3 is 9.47 Å². The van der Waals surface area contributed by atoms with Gasteiger partial charge in [0.05, 0.1) is 19.8 Å². The lowest BCUT2D eigenvalue weighted by molar-refractivity contribution is 0.397. The number of halogens is 1. The van der Waals surface area contributed by atoms with E-state index in [4.69, 9.17) is 9.47 Å². The van der Waals surface area contributed by atoms with Crippen LogP contribution in [0.1, 0.15) is 11.1 Å². The number of ether oxygens (including phenoxy) is 2. The summed E-state index contributed by atoms with van der Waals surface area (Å²) in [6.07, 6.45) is 0. The third-order valence-corrected chi connectivity index (χ3v) is 3.94. The minimum Gasteiger partial charge on any atom is -0.496 e. The van der Waals surface area contributed by atoms with E-state index in [-0.39, 0.29) is 0 Å². The predicted octanol–water partition coefficient (Wildman–Crippen LogP) is 4.75. The van der Waals surface area contributed by atoms with E-state index in [0.717, 1.165) is 27.1 Å². The van der Waals surface area contributed by atoms with Crippen LogP contribution in [0.3, 0.4) is 0 Å². The number of hydrogen-bond acceptors (Lipinski definition) is 2. The Morgan fingerprint density at radius 2 is 1.42 bits per heavy atom. The molecule has 0 amide bonds. The van der Waals surface area contributed by atoms with Crippen molar-refractivity contribution in [2.24, 2.45) is 0 Å². The Hall–Kier alpha value is -1.48. The summed E-state index contributed by atoms with van der Waals surface area (Å²) in [5.74, 6) is 1.62. The summed E-state index contributed by atoms with van der Waals surface area (Å²) < 4.78 is 12.0. The Morgan fingerprint density at radius 3 is 1.95 bits per heavy atom. The van der Waals surface area contributed by atoms with Gasteiger partial charge in [-0.1, -0.05) is 22.0 Å². The molecule has 0 unspecified atom stereocenters. The molecule has 3 heteroatoms. The molecule has 2 aromatic rings. The van der Waals surface area contributed by atoms with Crippen LogP contribution in [0, 0.1) is 13.8 Å². The van der Waals surface area contributed by atoms with Crippen molar-refractivity contribution in [2.75, 3.05) is 14.2 Å². The quantitative estimate of drug-likeness (QED) is 0.812. The highest BCUT2D eigenvalue weighted by molar-refractivity contribution is 9.10. The molecule has 0 radical (unpaired) electrons. The zero-order valence-corrected chi connectivity index (χ0v) is 13.2. The summed E-state index contributed by atoms with van der Waals surface area (Å²) in [5, 5.41) is 0. The van der Waals surface area contributed by atoms with Gasteiger partial charge in [-0.25, -0.2) is 0 Å². The largest absolute Gasteiger partial charge is 0.496 e. The second-order valence-electron chi connectivity index (χ2n) is 4.45. The second kappa shape index (κ2) is 5.66. The van der Waals surface area contributed by atoms with Crippen molar-refractivity contribution in [3.63, 3.8) is 0 Å². The van der Waals surface area contributed by atoms with Crippen LogP contribution >= 0.6 is 15.9 Å². The molecule has 0 aromatic heterocycles. The Kier molecular flexibility index (Phi) is 4.15. The number of benzene rings is 2. The maximum absolute atomic E-state index is 5.47. The van der Waals surface area contributed by atoms with Gasteiger partial charge in [0.25, 0.3) is 0 Å². The molecule has 0 spiro atoms. The fraction of sp³-hybridized carbons (Fsp3) is 0.250. The molecule has 0 saturated heterocycles. The van der Waals surface area contributed by atoms with Gasteiger partial charge in [0.2, 0.25) is 0 Å². The molecule has 2 aromatic carbocycles. The third kappa shape index (κ3) is 2.61. The molecule has 2 rings (SSSR count). The topological polar surface area (TPSA) is 18.5 Å². The molecule has 0 bridgehead atoms. The molecule has 19 heavy (non-hydrogen) atoms. The predicted molar refractivity (Wildman–Crippen MR) is 82.2 cm³/mol. The third-order valence-electron chi connectivity index (χ3n) is 3.28. The fourth-order valence-corrected chi connectivity index (χ4v) is 2.75. The van der Waals surface area contributed by atoms with Crippen LogP contribution in [-0.2, 0) is 0 Å². The Labute approximate surface area is 122 Å². The average Bonchev–Trinajstić information content (AvgIpc) is 2.42. The SMILES string of the molecule is COc1cccc(OC)c1-c1cc(C)c(C)cc1Br. The van der Waals surface area contributed by atoms with Crippen LogP contribution in [0.5, 0.6) is 11.5 Å². The minimum atomic E-state index is 0.809. The fourth-order valence-electron chi connectivity index (χ4n) is 2.09. The van der Waals surface area contributed by atoms with Gasteiger partial charge in [-0.15, -0.1) is 0 Å². The van der Waals surface area contributed by atoms with Crippen molar-refractivity contribution in [3.8, 4) is 22.6 Å². The van der Waals surface area contributed by atoms with E-state index >= 15 is 0 Å². The van der Waals surface area contributed by atoms with E-state index in [0.29, 0.717) is 0 Å². The summed E-state index contributed by atoms with van der Waals surface area (Å²) in [6, 6.07) is 10.1. The van der Waals surface area contributed by atoms with Gasteiger partial charge in [0.15, 0.2) is 0 Å². The number of hydrogen-bond donors (Lipinski definition) is 0. The first-order valence-corrected chi connectivity index (χ1v) is 6.86. The van der Waals surface area contributed by atoms with Crippen molar-refractivity contribution in [3.05, 3.63) is 45.9 Å². The van der Waals surface area contributed by atoms with Crippen LogP contribution in [0.15, 0.2) is 34.8 Å². The maximum Gasteiger partial charge on any atom is 0.130 e. The van der Waals surface area contributed by atoms with E-state index in [2.05, 4.69) is 41.9 Å². The van der Waals surface area contributed by atoms with Gasteiger partial charge in [0, 0.05) is 10.0 Å². The summed E-state index contributed by atoms with van der Waals surface area (Å²) in [7, 11) is 3.35. The van der Waals surface area contributed by atoms with Crippen molar-refractivity contribution in [1.29, 1.82) is 0 Å². The van der Waals surface area contributed by atoms with Crippen LogP contribution in [-0.4, -0.2) is 14.2 Å². The summed E-state index contributed by atoms with van der Waals surface area (Å²) >= 11 is 3.63. The Morgan fingerprint density at radius 1 is 0.895 bits per heavy atom. The van der Waals surface area contributed by atoms with Crippen molar-refractivity contribution < 1.29 is 9.47 Å². The first-order valence-electron chi connectivity index (χ1n) is 6.06. The lowest BCUT2D eigenvalue weighted by Gasteiger charge is -2.16. The number of methoxy groups -OCH3 is 2. The summed E-state index contributed by atoms with van der Waals surface area (Å²) in [5.41, 5.74) is 4.55. The van der Waals surface area contributed by atoms with E-state index < -0.39 is 0 Å². The number of rotatable bonds is 3. The van der Waals surface area contributed by atoms with Crippen LogP contribution in [0.4, 0.5) is 0 Å². The molecule has 0 atom stereocenters. The lowest BCUT2D eigenvalue weighted by Crippen LogP contribution is -1.94. The smallest absolute Gasteiger partial charge is 0.130 e. The second-order valence-corrected chi connectivity index (χ2v) is 5.31. The minimum absolute atomic E-state index is 0.809. The van der Waals surface area contributed by atoms with Crippen molar-refractivity contribution in [1.82, 2.24) is 0 Å². The first-order chi connectivity index (χ1) is 9.08. The summed E-state index contributed by atoms with van der Waals surface area (Å²) in [4.78, 5) is 0. The van der Waals surface area contributed by atoms with Crippen LogP contribution < -0.4 is 9.47 Å². The molecule has 0 heterocycles. The van der Waals surface area contributed by atoms with Crippen molar-refractivity contribution >= 4 is 15.9 Å². The molecule has 2 nitrogen and oxygen atoms in total. The van der Waals surface area contributed by atoms with Crippen LogP contribution in [0.25, 0.3) is 11.1 Å². The van der Waals surface area contributed by atoms with Gasteiger partial charge in [-0.3, -0.25) is 0 Å². The molecule has 100 valence electrons. The highest BCUT2D eigenvalue weighted by Crippen LogP contribution is 2.42. The highest BCUT2D eigenvalue weighted by Gasteiger charge is 2.15.